The predicted molar refractivity (Wildman–Crippen MR) is 127 cm³/mol. The molecule has 0 aliphatic carbocycles. The number of carbonyl (C=O) groups excluding carboxylic acids is 1. The van der Waals surface area contributed by atoms with E-state index in [1.54, 1.807) is 6.92 Å². The Balaban J connectivity index is 1.38. The number of amides is 1. The van der Waals surface area contributed by atoms with E-state index in [0.717, 1.165) is 48.5 Å². The highest BCUT2D eigenvalue weighted by atomic mass is 16.6. The van der Waals surface area contributed by atoms with Gasteiger partial charge in [-0.2, -0.15) is 0 Å². The number of anilines is 2. The number of ether oxygens (including phenoxy) is 1. The Bertz CT molecular complexity index is 1320. The minimum atomic E-state index is -0.410. The first-order chi connectivity index (χ1) is 16.5. The second-order valence-electron chi connectivity index (χ2n) is 8.67. The standard InChI is InChI=1S/C25H27N5O4/c1-15-8-7-9-16(2)24(15)32-14-18-17(3)33-27-21(18)25(31)26-19-10-11-20(23-22(19)28-34-29-23)30-12-5-4-6-13-30/h7-11H,4-6,12-14H2,1-3H3,(H,26,31). The number of nitrogens with zero attached hydrogens (tertiary/aromatic N) is 4. The lowest BCUT2D eigenvalue weighted by Gasteiger charge is -2.28. The van der Waals surface area contributed by atoms with E-state index < -0.39 is 5.91 Å². The number of hydrogen-bond acceptors (Lipinski definition) is 8. The fourth-order valence-electron chi connectivity index (χ4n) is 4.44. The summed E-state index contributed by atoms with van der Waals surface area (Å²) in [7, 11) is 0. The molecule has 1 N–H and O–H groups in total. The summed E-state index contributed by atoms with van der Waals surface area (Å²) in [6.45, 7) is 7.84. The molecule has 2 aromatic carbocycles. The summed E-state index contributed by atoms with van der Waals surface area (Å²) < 4.78 is 16.4. The summed E-state index contributed by atoms with van der Waals surface area (Å²) in [6, 6.07) is 9.74. The van der Waals surface area contributed by atoms with Gasteiger partial charge in [0.25, 0.3) is 5.91 Å². The highest BCUT2D eigenvalue weighted by molar-refractivity contribution is 6.09. The molecule has 0 radical (unpaired) electrons. The molecule has 3 heterocycles. The van der Waals surface area contributed by atoms with Crippen LogP contribution in [0.4, 0.5) is 11.4 Å². The maximum Gasteiger partial charge on any atom is 0.278 e. The number of aromatic nitrogens is 3. The molecular weight excluding hydrogens is 434 g/mol. The molecule has 1 aliphatic heterocycles. The molecule has 1 fully saturated rings. The molecule has 0 atom stereocenters. The van der Waals surface area contributed by atoms with Gasteiger partial charge in [-0.3, -0.25) is 4.79 Å². The molecule has 0 saturated carbocycles. The quantitative estimate of drug-likeness (QED) is 0.429. The molecule has 5 rings (SSSR count). The van der Waals surface area contributed by atoms with Gasteiger partial charge in [0.15, 0.2) is 16.7 Å². The minimum Gasteiger partial charge on any atom is -0.488 e. The van der Waals surface area contributed by atoms with Crippen LogP contribution in [0.1, 0.15) is 52.2 Å². The Kier molecular flexibility index (Phi) is 5.91. The Morgan fingerprint density at radius 3 is 2.50 bits per heavy atom. The van der Waals surface area contributed by atoms with E-state index in [1.807, 2.05) is 44.2 Å². The predicted octanol–water partition coefficient (Wildman–Crippen LogP) is 4.96. The van der Waals surface area contributed by atoms with Crippen LogP contribution < -0.4 is 15.0 Å². The molecule has 1 saturated heterocycles. The molecule has 0 unspecified atom stereocenters. The maximum absolute atomic E-state index is 13.2. The van der Waals surface area contributed by atoms with E-state index >= 15 is 0 Å². The lowest BCUT2D eigenvalue weighted by Crippen LogP contribution is -2.29. The topological polar surface area (TPSA) is 107 Å². The zero-order chi connectivity index (χ0) is 23.7. The first-order valence-corrected chi connectivity index (χ1v) is 11.5. The van der Waals surface area contributed by atoms with Crippen LogP contribution in [0, 0.1) is 20.8 Å². The Morgan fingerprint density at radius 1 is 1.00 bits per heavy atom. The van der Waals surface area contributed by atoms with Crippen molar-refractivity contribution in [3.63, 3.8) is 0 Å². The van der Waals surface area contributed by atoms with Crippen molar-refractivity contribution in [1.29, 1.82) is 0 Å². The largest absolute Gasteiger partial charge is 0.488 e. The third-order valence-corrected chi connectivity index (χ3v) is 6.31. The number of para-hydroxylation sites is 1. The first kappa shape index (κ1) is 21.9. The minimum absolute atomic E-state index is 0.165. The molecule has 4 aromatic rings. The average Bonchev–Trinajstić information content (AvgIpc) is 3.47. The van der Waals surface area contributed by atoms with Gasteiger partial charge < -0.3 is 19.5 Å². The fraction of sp³-hybridized carbons (Fsp3) is 0.360. The Morgan fingerprint density at radius 2 is 1.74 bits per heavy atom. The Hall–Kier alpha value is -3.88. The van der Waals surface area contributed by atoms with Crippen molar-refractivity contribution >= 4 is 28.3 Å². The first-order valence-electron chi connectivity index (χ1n) is 11.5. The van der Waals surface area contributed by atoms with Crippen LogP contribution in [0.2, 0.25) is 0 Å². The van der Waals surface area contributed by atoms with E-state index in [4.69, 9.17) is 13.9 Å². The van der Waals surface area contributed by atoms with Crippen molar-refractivity contribution in [2.45, 2.75) is 46.6 Å². The van der Waals surface area contributed by atoms with Gasteiger partial charge in [-0.15, -0.1) is 0 Å². The Labute approximate surface area is 197 Å². The third kappa shape index (κ3) is 4.09. The van der Waals surface area contributed by atoms with Crippen molar-refractivity contribution in [1.82, 2.24) is 15.5 Å². The number of carbonyl (C=O) groups is 1. The maximum atomic E-state index is 13.2. The zero-order valence-corrected chi connectivity index (χ0v) is 19.6. The summed E-state index contributed by atoms with van der Waals surface area (Å²) in [5.74, 6) is 0.912. The SMILES string of the molecule is Cc1cccc(C)c1OCc1c(C(=O)Nc2ccc(N3CCCCC3)c3nonc23)noc1C. The molecule has 0 spiro atoms. The van der Waals surface area contributed by atoms with Gasteiger partial charge in [-0.25, -0.2) is 4.63 Å². The van der Waals surface area contributed by atoms with Gasteiger partial charge >= 0.3 is 0 Å². The van der Waals surface area contributed by atoms with Crippen LogP contribution in [-0.4, -0.2) is 34.5 Å². The van der Waals surface area contributed by atoms with Gasteiger partial charge in [-0.1, -0.05) is 23.4 Å². The van der Waals surface area contributed by atoms with Gasteiger partial charge in [0.2, 0.25) is 0 Å². The second-order valence-corrected chi connectivity index (χ2v) is 8.67. The molecule has 9 heteroatoms. The second kappa shape index (κ2) is 9.17. The van der Waals surface area contributed by atoms with Gasteiger partial charge in [0, 0.05) is 13.1 Å². The van der Waals surface area contributed by atoms with Crippen LogP contribution >= 0.6 is 0 Å². The van der Waals surface area contributed by atoms with Crippen LogP contribution in [0.25, 0.3) is 11.0 Å². The van der Waals surface area contributed by atoms with Gasteiger partial charge in [0.05, 0.1) is 16.9 Å². The van der Waals surface area contributed by atoms with Crippen molar-refractivity contribution < 1.29 is 18.7 Å². The normalized spacial score (nSPS) is 13.9. The number of nitrogens with one attached hydrogen (secondary N) is 1. The van der Waals surface area contributed by atoms with Crippen LogP contribution in [0.5, 0.6) is 5.75 Å². The highest BCUT2D eigenvalue weighted by Gasteiger charge is 2.24. The summed E-state index contributed by atoms with van der Waals surface area (Å²) in [5.41, 5.74) is 5.43. The van der Waals surface area contributed by atoms with E-state index in [9.17, 15) is 4.79 Å². The summed E-state index contributed by atoms with van der Waals surface area (Å²) in [6.07, 6.45) is 3.52. The number of hydrogen-bond donors (Lipinski definition) is 1. The highest BCUT2D eigenvalue weighted by Crippen LogP contribution is 2.32. The number of rotatable bonds is 6. The van der Waals surface area contributed by atoms with E-state index in [0.29, 0.717) is 28.0 Å². The smallest absolute Gasteiger partial charge is 0.278 e. The molecule has 1 aliphatic rings. The van der Waals surface area contributed by atoms with E-state index in [2.05, 4.69) is 25.7 Å². The molecular formula is C25H27N5O4. The number of benzene rings is 2. The lowest BCUT2D eigenvalue weighted by molar-refractivity contribution is 0.101. The van der Waals surface area contributed by atoms with Crippen LogP contribution in [0.15, 0.2) is 39.5 Å². The van der Waals surface area contributed by atoms with Crippen molar-refractivity contribution in [2.75, 3.05) is 23.3 Å². The fourth-order valence-corrected chi connectivity index (χ4v) is 4.44. The van der Waals surface area contributed by atoms with Crippen LogP contribution in [0.3, 0.4) is 0 Å². The van der Waals surface area contributed by atoms with Gasteiger partial charge in [0.1, 0.15) is 18.1 Å². The zero-order valence-electron chi connectivity index (χ0n) is 19.6. The van der Waals surface area contributed by atoms with Crippen molar-refractivity contribution in [2.24, 2.45) is 0 Å². The molecule has 9 nitrogen and oxygen atoms in total. The monoisotopic (exact) mass is 461 g/mol. The number of fused-ring (bicyclic) bond motifs is 1. The summed E-state index contributed by atoms with van der Waals surface area (Å²) >= 11 is 0. The van der Waals surface area contributed by atoms with Crippen molar-refractivity contribution in [3.05, 3.63) is 58.5 Å². The molecule has 0 bridgehead atoms. The number of piperidine rings is 1. The summed E-state index contributed by atoms with van der Waals surface area (Å²) in [4.78, 5) is 15.5. The molecule has 176 valence electrons. The van der Waals surface area contributed by atoms with Gasteiger partial charge in [-0.05, 0) is 73.6 Å². The van der Waals surface area contributed by atoms with Crippen LogP contribution in [-0.2, 0) is 6.61 Å². The lowest BCUT2D eigenvalue weighted by atomic mass is 10.1. The average molecular weight is 462 g/mol. The van der Waals surface area contributed by atoms with Crippen molar-refractivity contribution in [3.8, 4) is 5.75 Å². The summed E-state index contributed by atoms with van der Waals surface area (Å²) in [5, 5.41) is 15.0. The molecule has 2 aromatic heterocycles. The number of aryl methyl sites for hydroxylation is 3. The van der Waals surface area contributed by atoms with E-state index in [-0.39, 0.29) is 12.3 Å². The molecule has 1 amide bonds. The third-order valence-electron chi connectivity index (χ3n) is 6.31. The van der Waals surface area contributed by atoms with E-state index in [1.165, 1.54) is 6.42 Å². The molecule has 34 heavy (non-hydrogen) atoms.